The second-order valence-corrected chi connectivity index (χ2v) is 5.61. The number of aromatic nitrogens is 2. The van der Waals surface area contributed by atoms with Crippen LogP contribution in [0.1, 0.15) is 25.5 Å². The second-order valence-electron chi connectivity index (χ2n) is 5.27. The minimum absolute atomic E-state index is 0.0264. The fourth-order valence-electron chi connectivity index (χ4n) is 2.46. The van der Waals surface area contributed by atoms with Crippen LogP contribution in [0.15, 0.2) is 0 Å². The average molecular weight is 315 g/mol. The van der Waals surface area contributed by atoms with Gasteiger partial charge < -0.3 is 9.64 Å². The van der Waals surface area contributed by atoms with Gasteiger partial charge >= 0.3 is 5.69 Å². The molecule has 0 spiro atoms. The van der Waals surface area contributed by atoms with Gasteiger partial charge in [0, 0.05) is 19.7 Å². The minimum Gasteiger partial charge on any atom is -0.383 e. The topological polar surface area (TPSA) is 81.4 Å². The van der Waals surface area contributed by atoms with Gasteiger partial charge in [0.25, 0.3) is 0 Å². The van der Waals surface area contributed by atoms with Gasteiger partial charge in [-0.15, -0.1) is 0 Å². The largest absolute Gasteiger partial charge is 0.383 e. The van der Waals surface area contributed by atoms with Crippen LogP contribution in [-0.4, -0.2) is 41.2 Å². The number of rotatable bonds is 7. The Hall–Kier alpha value is -1.47. The first-order valence-corrected chi connectivity index (χ1v) is 7.27. The summed E-state index contributed by atoms with van der Waals surface area (Å²) < 4.78 is 5.12. The molecule has 0 N–H and O–H groups in total. The van der Waals surface area contributed by atoms with Crippen LogP contribution in [0.25, 0.3) is 0 Å². The van der Waals surface area contributed by atoms with Crippen LogP contribution in [0.3, 0.4) is 0 Å². The molecule has 1 heterocycles. The molecule has 7 nitrogen and oxygen atoms in total. The molecule has 0 saturated heterocycles. The lowest BCUT2D eigenvalue weighted by Gasteiger charge is -2.30. The number of hydrogen-bond acceptors (Lipinski definition) is 6. The third-order valence-corrected chi connectivity index (χ3v) is 3.97. The second kappa shape index (κ2) is 6.53. The van der Waals surface area contributed by atoms with Gasteiger partial charge in [0.15, 0.2) is 0 Å². The van der Waals surface area contributed by atoms with Gasteiger partial charge in [0.2, 0.25) is 11.1 Å². The van der Waals surface area contributed by atoms with Gasteiger partial charge in [-0.2, -0.15) is 4.98 Å². The summed E-state index contributed by atoms with van der Waals surface area (Å²) in [4.78, 5) is 20.9. The predicted octanol–water partition coefficient (Wildman–Crippen LogP) is 2.60. The Morgan fingerprint density at radius 2 is 2.19 bits per heavy atom. The zero-order valence-corrected chi connectivity index (χ0v) is 13.1. The number of anilines is 1. The van der Waals surface area contributed by atoms with Crippen molar-refractivity contribution in [2.45, 2.75) is 32.7 Å². The van der Waals surface area contributed by atoms with Crippen molar-refractivity contribution < 1.29 is 9.66 Å². The Morgan fingerprint density at radius 1 is 1.52 bits per heavy atom. The molecule has 21 heavy (non-hydrogen) atoms. The average Bonchev–Trinajstić information content (AvgIpc) is 3.21. The fraction of sp³-hybridized carbons (Fsp3) is 0.692. The molecule has 1 fully saturated rings. The smallest absolute Gasteiger partial charge is 0.332 e. The SMILES string of the molecule is COCCN(c1nc(Cl)nc(C)c1[N+](=O)[O-])C(C)C1CC1. The van der Waals surface area contributed by atoms with E-state index in [1.807, 2.05) is 4.90 Å². The molecule has 0 aromatic carbocycles. The van der Waals surface area contributed by atoms with E-state index in [-0.39, 0.29) is 28.5 Å². The van der Waals surface area contributed by atoms with Gasteiger partial charge in [-0.3, -0.25) is 10.1 Å². The van der Waals surface area contributed by atoms with E-state index >= 15 is 0 Å². The van der Waals surface area contributed by atoms with Crippen LogP contribution in [0.5, 0.6) is 0 Å². The molecule has 1 unspecified atom stereocenters. The fourth-order valence-corrected chi connectivity index (χ4v) is 2.66. The Labute approximate surface area is 128 Å². The van der Waals surface area contributed by atoms with Gasteiger partial charge in [0.05, 0.1) is 11.5 Å². The van der Waals surface area contributed by atoms with Crippen molar-refractivity contribution in [1.29, 1.82) is 0 Å². The summed E-state index contributed by atoms with van der Waals surface area (Å²) in [7, 11) is 1.60. The normalized spacial score (nSPS) is 15.8. The highest BCUT2D eigenvalue weighted by Crippen LogP contribution is 2.39. The third kappa shape index (κ3) is 3.59. The summed E-state index contributed by atoms with van der Waals surface area (Å²) >= 11 is 5.90. The summed E-state index contributed by atoms with van der Waals surface area (Å²) in [6.07, 6.45) is 2.27. The van der Waals surface area contributed by atoms with E-state index in [4.69, 9.17) is 16.3 Å². The molecule has 0 radical (unpaired) electrons. The number of halogens is 1. The molecule has 116 valence electrons. The highest BCUT2D eigenvalue weighted by molar-refractivity contribution is 6.28. The van der Waals surface area contributed by atoms with E-state index in [9.17, 15) is 10.1 Å². The van der Waals surface area contributed by atoms with E-state index in [0.717, 1.165) is 12.8 Å². The Morgan fingerprint density at radius 3 is 2.71 bits per heavy atom. The van der Waals surface area contributed by atoms with Crippen LogP contribution >= 0.6 is 11.6 Å². The summed E-state index contributed by atoms with van der Waals surface area (Å²) in [5.74, 6) is 0.824. The van der Waals surface area contributed by atoms with E-state index in [1.165, 1.54) is 0 Å². The van der Waals surface area contributed by atoms with Crippen LogP contribution in [0.2, 0.25) is 5.28 Å². The molecule has 1 atom stereocenters. The Bertz CT molecular complexity index is 536. The Kier molecular flexibility index (Phi) is 4.95. The summed E-state index contributed by atoms with van der Waals surface area (Å²) in [5, 5.41) is 11.4. The van der Waals surface area contributed by atoms with Crippen LogP contribution in [-0.2, 0) is 4.74 Å². The number of ether oxygens (including phenoxy) is 1. The number of methoxy groups -OCH3 is 1. The molecular formula is C13H19ClN4O3. The van der Waals surface area contributed by atoms with Crippen molar-refractivity contribution >= 4 is 23.1 Å². The molecular weight excluding hydrogens is 296 g/mol. The van der Waals surface area contributed by atoms with Crippen LogP contribution < -0.4 is 4.90 Å². The van der Waals surface area contributed by atoms with Gasteiger partial charge in [0.1, 0.15) is 5.69 Å². The molecule has 1 saturated carbocycles. The molecule has 0 amide bonds. The lowest BCUT2D eigenvalue weighted by atomic mass is 10.1. The van der Waals surface area contributed by atoms with Crippen molar-refractivity contribution in [3.63, 3.8) is 0 Å². The van der Waals surface area contributed by atoms with Crippen molar-refractivity contribution in [2.24, 2.45) is 5.92 Å². The first-order valence-electron chi connectivity index (χ1n) is 6.89. The molecule has 0 bridgehead atoms. The quantitative estimate of drug-likeness (QED) is 0.437. The van der Waals surface area contributed by atoms with Gasteiger partial charge in [-0.1, -0.05) is 0 Å². The maximum atomic E-state index is 11.4. The first-order chi connectivity index (χ1) is 9.95. The number of aryl methyl sites for hydroxylation is 1. The first kappa shape index (κ1) is 15.9. The Balaban J connectivity index is 2.44. The third-order valence-electron chi connectivity index (χ3n) is 3.80. The van der Waals surface area contributed by atoms with E-state index in [2.05, 4.69) is 16.9 Å². The zero-order valence-electron chi connectivity index (χ0n) is 12.4. The monoisotopic (exact) mass is 314 g/mol. The molecule has 1 aromatic heterocycles. The lowest BCUT2D eigenvalue weighted by Crippen LogP contribution is -2.38. The lowest BCUT2D eigenvalue weighted by molar-refractivity contribution is -0.385. The summed E-state index contributed by atoms with van der Waals surface area (Å²) in [6, 6.07) is 0.157. The minimum atomic E-state index is -0.444. The summed E-state index contributed by atoms with van der Waals surface area (Å²) in [6.45, 7) is 4.63. The summed E-state index contributed by atoms with van der Waals surface area (Å²) in [5.41, 5.74) is 0.198. The molecule has 0 aliphatic heterocycles. The molecule has 2 rings (SSSR count). The van der Waals surface area contributed by atoms with Gasteiger partial charge in [-0.05, 0) is 44.2 Å². The number of nitrogens with zero attached hydrogens (tertiary/aromatic N) is 4. The van der Waals surface area contributed by atoms with E-state index in [1.54, 1.807) is 14.0 Å². The highest BCUT2D eigenvalue weighted by Gasteiger charge is 2.36. The number of nitro groups is 1. The molecule has 1 aliphatic carbocycles. The maximum absolute atomic E-state index is 11.4. The van der Waals surface area contributed by atoms with Crippen molar-refractivity contribution in [3.05, 3.63) is 21.1 Å². The van der Waals surface area contributed by atoms with E-state index < -0.39 is 4.92 Å². The highest BCUT2D eigenvalue weighted by atomic mass is 35.5. The van der Waals surface area contributed by atoms with Crippen molar-refractivity contribution in [2.75, 3.05) is 25.2 Å². The van der Waals surface area contributed by atoms with E-state index in [0.29, 0.717) is 19.1 Å². The molecule has 1 aliphatic rings. The van der Waals surface area contributed by atoms with Crippen molar-refractivity contribution in [1.82, 2.24) is 9.97 Å². The maximum Gasteiger partial charge on any atom is 0.332 e. The predicted molar refractivity (Wildman–Crippen MR) is 79.8 cm³/mol. The molecule has 1 aromatic rings. The van der Waals surface area contributed by atoms with Crippen molar-refractivity contribution in [3.8, 4) is 0 Å². The number of hydrogen-bond donors (Lipinski definition) is 0. The van der Waals surface area contributed by atoms with Crippen LogP contribution in [0.4, 0.5) is 11.5 Å². The molecule has 8 heteroatoms. The van der Waals surface area contributed by atoms with Gasteiger partial charge in [-0.25, -0.2) is 4.98 Å². The standard InChI is InChI=1S/C13H19ClN4O3/c1-8-11(18(19)20)12(16-13(14)15-8)17(6-7-21-3)9(2)10-4-5-10/h9-10H,4-7H2,1-3H3. The zero-order chi connectivity index (χ0) is 15.6. The van der Waals surface area contributed by atoms with Crippen LogP contribution in [0, 0.1) is 23.0 Å².